The highest BCUT2D eigenvalue weighted by molar-refractivity contribution is 6.31. The number of benzene rings is 1. The van der Waals surface area contributed by atoms with Crippen molar-refractivity contribution < 1.29 is 23.5 Å². The van der Waals surface area contributed by atoms with Crippen LogP contribution >= 0.6 is 11.6 Å². The number of nitrogens with zero attached hydrogens (tertiary/aromatic N) is 1. The van der Waals surface area contributed by atoms with Crippen LogP contribution in [0, 0.1) is 0 Å². The molecule has 6 nitrogen and oxygen atoms in total. The fraction of sp³-hybridized carbons (Fsp3) is 0.318. The molecule has 1 aliphatic rings. The second-order valence-corrected chi connectivity index (χ2v) is 7.29. The van der Waals surface area contributed by atoms with Gasteiger partial charge in [0.1, 0.15) is 11.3 Å². The maximum absolute atomic E-state index is 13.0. The molecule has 29 heavy (non-hydrogen) atoms. The van der Waals surface area contributed by atoms with E-state index in [1.54, 1.807) is 43.4 Å². The standard InChI is InChI=1S/C22H22ClNO5/c1-24(20(26)15-29-21(27)12-11-16-7-6-14-28-16)22(13-5-4-10-19(22)25)17-8-2-3-9-18(17)23/h2-3,6-9,11-12,14H,4-5,10,13,15H2,1H3/b12-11+/t22-/m1/s1. The summed E-state index contributed by atoms with van der Waals surface area (Å²) in [4.78, 5) is 39.1. The Morgan fingerprint density at radius 1 is 1.24 bits per heavy atom. The van der Waals surface area contributed by atoms with E-state index in [-0.39, 0.29) is 5.78 Å². The molecule has 1 fully saturated rings. The average molecular weight is 416 g/mol. The maximum atomic E-state index is 13.0. The number of hydrogen-bond donors (Lipinski definition) is 0. The Bertz CT molecular complexity index is 921. The summed E-state index contributed by atoms with van der Waals surface area (Å²) in [6.45, 7) is -0.475. The van der Waals surface area contributed by atoms with Crippen molar-refractivity contribution in [1.82, 2.24) is 4.90 Å². The van der Waals surface area contributed by atoms with Crippen LogP contribution in [0.15, 0.2) is 53.2 Å². The molecule has 152 valence electrons. The molecule has 0 unspecified atom stereocenters. The average Bonchev–Trinajstić information content (AvgIpc) is 3.25. The van der Waals surface area contributed by atoms with E-state index in [9.17, 15) is 14.4 Å². The van der Waals surface area contributed by atoms with E-state index >= 15 is 0 Å². The van der Waals surface area contributed by atoms with Crippen LogP contribution in [0.3, 0.4) is 0 Å². The molecule has 0 spiro atoms. The fourth-order valence-corrected chi connectivity index (χ4v) is 3.95. The minimum atomic E-state index is -1.15. The number of amides is 1. The van der Waals surface area contributed by atoms with Gasteiger partial charge in [-0.25, -0.2) is 4.79 Å². The Hall–Kier alpha value is -2.86. The minimum absolute atomic E-state index is 0.0586. The van der Waals surface area contributed by atoms with Crippen LogP contribution in [0.4, 0.5) is 0 Å². The van der Waals surface area contributed by atoms with Gasteiger partial charge < -0.3 is 14.1 Å². The van der Waals surface area contributed by atoms with Gasteiger partial charge in [0.2, 0.25) is 0 Å². The highest BCUT2D eigenvalue weighted by Crippen LogP contribution is 2.42. The number of carbonyl (C=O) groups excluding carboxylic acids is 3. The van der Waals surface area contributed by atoms with E-state index in [0.717, 1.165) is 12.8 Å². The van der Waals surface area contributed by atoms with E-state index in [2.05, 4.69) is 0 Å². The SMILES string of the molecule is CN(C(=O)COC(=O)/C=C/c1ccco1)[C@@]1(c2ccccc2Cl)CCCCC1=O. The lowest BCUT2D eigenvalue weighted by Gasteiger charge is -2.43. The van der Waals surface area contributed by atoms with Crippen LogP contribution in [-0.2, 0) is 24.7 Å². The quantitative estimate of drug-likeness (QED) is 0.526. The zero-order chi connectivity index (χ0) is 20.9. The van der Waals surface area contributed by atoms with Crippen molar-refractivity contribution in [3.63, 3.8) is 0 Å². The molecule has 1 saturated carbocycles. The van der Waals surface area contributed by atoms with Crippen molar-refractivity contribution in [2.45, 2.75) is 31.2 Å². The summed E-state index contributed by atoms with van der Waals surface area (Å²) >= 11 is 6.39. The van der Waals surface area contributed by atoms with Gasteiger partial charge in [0.05, 0.1) is 6.26 Å². The van der Waals surface area contributed by atoms with Crippen molar-refractivity contribution in [1.29, 1.82) is 0 Å². The van der Waals surface area contributed by atoms with Gasteiger partial charge in [0.25, 0.3) is 5.91 Å². The molecule has 3 rings (SSSR count). The first-order valence-corrected chi connectivity index (χ1v) is 9.76. The predicted octanol–water partition coefficient (Wildman–Crippen LogP) is 3.99. The molecule has 0 bridgehead atoms. The van der Waals surface area contributed by atoms with Gasteiger partial charge in [-0.1, -0.05) is 29.8 Å². The Labute approximate surface area is 174 Å². The number of carbonyl (C=O) groups is 3. The number of ether oxygens (including phenoxy) is 1. The summed E-state index contributed by atoms with van der Waals surface area (Å²) in [5.41, 5.74) is -0.546. The Morgan fingerprint density at radius 2 is 2.03 bits per heavy atom. The van der Waals surface area contributed by atoms with Crippen LogP contribution < -0.4 is 0 Å². The van der Waals surface area contributed by atoms with Crippen molar-refractivity contribution in [2.75, 3.05) is 13.7 Å². The third kappa shape index (κ3) is 4.43. The van der Waals surface area contributed by atoms with Crippen molar-refractivity contribution in [2.24, 2.45) is 0 Å². The Morgan fingerprint density at radius 3 is 2.72 bits per heavy atom. The lowest BCUT2D eigenvalue weighted by atomic mass is 9.74. The van der Waals surface area contributed by atoms with E-state index < -0.39 is 24.0 Å². The van der Waals surface area contributed by atoms with Gasteiger partial charge in [0, 0.05) is 30.1 Å². The second kappa shape index (κ2) is 9.09. The lowest BCUT2D eigenvalue weighted by molar-refractivity contribution is -0.155. The number of rotatable bonds is 6. The normalized spacial score (nSPS) is 19.3. The summed E-state index contributed by atoms with van der Waals surface area (Å²) in [6.07, 6.45) is 6.53. The number of ketones is 1. The summed E-state index contributed by atoms with van der Waals surface area (Å²) in [5.74, 6) is -0.711. The highest BCUT2D eigenvalue weighted by atomic mass is 35.5. The van der Waals surface area contributed by atoms with Crippen LogP contribution in [-0.4, -0.2) is 36.2 Å². The van der Waals surface area contributed by atoms with Crippen LogP contribution in [0.1, 0.15) is 37.0 Å². The molecule has 1 atom stereocenters. The molecule has 7 heteroatoms. The lowest BCUT2D eigenvalue weighted by Crippen LogP contribution is -2.55. The summed E-state index contributed by atoms with van der Waals surface area (Å²) < 4.78 is 10.2. The molecular weight excluding hydrogens is 394 g/mol. The topological polar surface area (TPSA) is 76.8 Å². The second-order valence-electron chi connectivity index (χ2n) is 6.88. The van der Waals surface area contributed by atoms with E-state index in [4.69, 9.17) is 20.8 Å². The van der Waals surface area contributed by atoms with Gasteiger partial charge in [-0.15, -0.1) is 0 Å². The molecule has 0 saturated heterocycles. The number of esters is 1. The molecule has 1 heterocycles. The van der Waals surface area contributed by atoms with Crippen molar-refractivity contribution in [3.05, 3.63) is 65.1 Å². The molecule has 0 aliphatic heterocycles. The zero-order valence-electron chi connectivity index (χ0n) is 16.1. The summed E-state index contributed by atoms with van der Waals surface area (Å²) in [6, 6.07) is 10.4. The fourth-order valence-electron chi connectivity index (χ4n) is 3.66. The minimum Gasteiger partial charge on any atom is -0.465 e. The van der Waals surface area contributed by atoms with E-state index in [1.165, 1.54) is 23.3 Å². The Kier molecular flexibility index (Phi) is 6.54. The first-order chi connectivity index (χ1) is 13.9. The molecule has 2 aromatic rings. The van der Waals surface area contributed by atoms with E-state index in [0.29, 0.717) is 29.2 Å². The van der Waals surface area contributed by atoms with E-state index in [1.807, 2.05) is 0 Å². The van der Waals surface area contributed by atoms with Gasteiger partial charge in [0.15, 0.2) is 12.4 Å². The molecule has 1 aliphatic carbocycles. The number of likely N-dealkylation sites (N-methyl/N-ethyl adjacent to an activating group) is 1. The smallest absolute Gasteiger partial charge is 0.331 e. The summed E-state index contributed by atoms with van der Waals surface area (Å²) in [7, 11) is 1.56. The van der Waals surface area contributed by atoms with Gasteiger partial charge in [-0.3, -0.25) is 9.59 Å². The number of halogens is 1. The predicted molar refractivity (Wildman–Crippen MR) is 108 cm³/mol. The first-order valence-electron chi connectivity index (χ1n) is 9.38. The molecular formula is C22H22ClNO5. The maximum Gasteiger partial charge on any atom is 0.331 e. The van der Waals surface area contributed by atoms with Gasteiger partial charge in [-0.05, 0) is 43.5 Å². The van der Waals surface area contributed by atoms with Crippen molar-refractivity contribution in [3.8, 4) is 0 Å². The highest BCUT2D eigenvalue weighted by Gasteiger charge is 2.47. The molecule has 1 aromatic carbocycles. The molecule has 0 N–H and O–H groups in total. The van der Waals surface area contributed by atoms with Crippen LogP contribution in [0.25, 0.3) is 6.08 Å². The largest absolute Gasteiger partial charge is 0.465 e. The molecule has 0 radical (unpaired) electrons. The molecule has 1 aromatic heterocycles. The molecule has 1 amide bonds. The van der Waals surface area contributed by atoms with Crippen LogP contribution in [0.5, 0.6) is 0 Å². The number of furan rings is 1. The van der Waals surface area contributed by atoms with Crippen LogP contribution in [0.2, 0.25) is 5.02 Å². The Balaban J connectivity index is 1.75. The third-order valence-corrected chi connectivity index (χ3v) is 5.51. The van der Waals surface area contributed by atoms with Gasteiger partial charge in [-0.2, -0.15) is 0 Å². The number of Topliss-reactive ketones (excluding diaryl/α,β-unsaturated/α-hetero) is 1. The zero-order valence-corrected chi connectivity index (χ0v) is 16.9. The monoisotopic (exact) mass is 415 g/mol. The van der Waals surface area contributed by atoms with Gasteiger partial charge >= 0.3 is 5.97 Å². The third-order valence-electron chi connectivity index (χ3n) is 5.18. The first kappa shape index (κ1) is 20.9. The summed E-state index contributed by atoms with van der Waals surface area (Å²) in [5, 5.41) is 0.431. The number of hydrogen-bond acceptors (Lipinski definition) is 5. The van der Waals surface area contributed by atoms with Crippen molar-refractivity contribution >= 4 is 35.3 Å².